The van der Waals surface area contributed by atoms with E-state index in [0.717, 1.165) is 22.6 Å². The Hall–Kier alpha value is -1.81. The fourth-order valence-electron chi connectivity index (χ4n) is 1.43. The number of methoxy groups -OCH3 is 1. The summed E-state index contributed by atoms with van der Waals surface area (Å²) in [6.07, 6.45) is 1.59. The maximum absolute atomic E-state index is 5.55. The Labute approximate surface area is 87.6 Å². The van der Waals surface area contributed by atoms with Crippen molar-refractivity contribution in [2.75, 3.05) is 7.11 Å². The zero-order chi connectivity index (χ0) is 10.7. The number of benzene rings is 1. The zero-order valence-corrected chi connectivity index (χ0v) is 8.43. The third-order valence-corrected chi connectivity index (χ3v) is 2.22. The van der Waals surface area contributed by atoms with E-state index < -0.39 is 0 Å². The average molecular weight is 204 g/mol. The van der Waals surface area contributed by atoms with Gasteiger partial charge < -0.3 is 15.0 Å². The van der Waals surface area contributed by atoms with Crippen molar-refractivity contribution in [3.63, 3.8) is 0 Å². The Morgan fingerprint density at radius 1 is 1.47 bits per heavy atom. The molecule has 0 aliphatic heterocycles. The third kappa shape index (κ3) is 1.85. The minimum atomic E-state index is 0.364. The largest absolute Gasteiger partial charge is 0.497 e. The normalized spacial score (nSPS) is 10.3. The molecule has 0 aliphatic carbocycles. The molecule has 1 aromatic carbocycles. The van der Waals surface area contributed by atoms with Gasteiger partial charge in [-0.05, 0) is 17.7 Å². The minimum absolute atomic E-state index is 0.364. The van der Waals surface area contributed by atoms with Gasteiger partial charge in [0, 0.05) is 12.1 Å². The van der Waals surface area contributed by atoms with Gasteiger partial charge in [-0.2, -0.15) is 0 Å². The molecule has 4 heteroatoms. The molecule has 4 nitrogen and oxygen atoms in total. The fraction of sp³-hybridized carbons (Fsp3) is 0.182. The highest BCUT2D eigenvalue weighted by atomic mass is 16.5. The van der Waals surface area contributed by atoms with Crippen molar-refractivity contribution < 1.29 is 9.26 Å². The molecule has 0 fully saturated rings. The first kappa shape index (κ1) is 9.73. The van der Waals surface area contributed by atoms with Gasteiger partial charge >= 0.3 is 0 Å². The molecular weight excluding hydrogens is 192 g/mol. The molecule has 78 valence electrons. The van der Waals surface area contributed by atoms with Gasteiger partial charge in [-0.15, -0.1) is 0 Å². The van der Waals surface area contributed by atoms with E-state index in [1.165, 1.54) is 0 Å². The molecule has 0 bridgehead atoms. The van der Waals surface area contributed by atoms with Crippen LogP contribution in [0.5, 0.6) is 5.75 Å². The summed E-state index contributed by atoms with van der Waals surface area (Å²) in [6, 6.07) is 7.69. The SMILES string of the molecule is COc1cccc(-c2conc2CN)c1. The Morgan fingerprint density at radius 2 is 2.33 bits per heavy atom. The van der Waals surface area contributed by atoms with Crippen LogP contribution >= 0.6 is 0 Å². The smallest absolute Gasteiger partial charge is 0.131 e. The number of ether oxygens (including phenoxy) is 1. The summed E-state index contributed by atoms with van der Waals surface area (Å²) in [5, 5.41) is 3.83. The second-order valence-corrected chi connectivity index (χ2v) is 3.11. The summed E-state index contributed by atoms with van der Waals surface area (Å²) in [5.74, 6) is 0.802. The number of hydrogen-bond acceptors (Lipinski definition) is 4. The van der Waals surface area contributed by atoms with Crippen LogP contribution in [0.15, 0.2) is 35.1 Å². The van der Waals surface area contributed by atoms with E-state index >= 15 is 0 Å². The van der Waals surface area contributed by atoms with Crippen LogP contribution in [-0.4, -0.2) is 12.3 Å². The average Bonchev–Trinajstić information content (AvgIpc) is 2.77. The fourth-order valence-corrected chi connectivity index (χ4v) is 1.43. The lowest BCUT2D eigenvalue weighted by atomic mass is 10.1. The summed E-state index contributed by atoms with van der Waals surface area (Å²) >= 11 is 0. The van der Waals surface area contributed by atoms with Crippen molar-refractivity contribution in [3.8, 4) is 16.9 Å². The van der Waals surface area contributed by atoms with Crippen molar-refractivity contribution in [1.82, 2.24) is 5.16 Å². The van der Waals surface area contributed by atoms with Crippen LogP contribution in [0.2, 0.25) is 0 Å². The molecule has 2 N–H and O–H groups in total. The lowest BCUT2D eigenvalue weighted by molar-refractivity contribution is 0.412. The van der Waals surface area contributed by atoms with Crippen molar-refractivity contribution in [3.05, 3.63) is 36.2 Å². The summed E-state index contributed by atoms with van der Waals surface area (Å²) in [6.45, 7) is 0.364. The van der Waals surface area contributed by atoms with Crippen LogP contribution in [-0.2, 0) is 6.54 Å². The predicted octanol–water partition coefficient (Wildman–Crippen LogP) is 1.81. The van der Waals surface area contributed by atoms with Gasteiger partial charge in [-0.1, -0.05) is 17.3 Å². The first-order valence-electron chi connectivity index (χ1n) is 4.63. The first-order valence-corrected chi connectivity index (χ1v) is 4.63. The molecule has 0 aliphatic rings. The van der Waals surface area contributed by atoms with Crippen molar-refractivity contribution in [2.24, 2.45) is 5.73 Å². The number of aromatic nitrogens is 1. The zero-order valence-electron chi connectivity index (χ0n) is 8.43. The van der Waals surface area contributed by atoms with Gasteiger partial charge in [0.1, 0.15) is 17.7 Å². The molecular formula is C11H12N2O2. The molecule has 2 rings (SSSR count). The van der Waals surface area contributed by atoms with Crippen LogP contribution in [0.25, 0.3) is 11.1 Å². The molecule has 0 saturated carbocycles. The van der Waals surface area contributed by atoms with E-state index in [9.17, 15) is 0 Å². The van der Waals surface area contributed by atoms with Crippen LogP contribution in [0.1, 0.15) is 5.69 Å². The van der Waals surface area contributed by atoms with E-state index in [4.69, 9.17) is 15.0 Å². The van der Waals surface area contributed by atoms with Crippen LogP contribution in [0, 0.1) is 0 Å². The highest BCUT2D eigenvalue weighted by molar-refractivity contribution is 5.66. The molecule has 0 atom stereocenters. The summed E-state index contributed by atoms with van der Waals surface area (Å²) < 4.78 is 10.0. The number of rotatable bonds is 3. The van der Waals surface area contributed by atoms with E-state index in [2.05, 4.69) is 5.16 Å². The van der Waals surface area contributed by atoms with Gasteiger partial charge in [0.25, 0.3) is 0 Å². The van der Waals surface area contributed by atoms with Gasteiger partial charge in [0.2, 0.25) is 0 Å². The maximum atomic E-state index is 5.55. The summed E-state index contributed by atoms with van der Waals surface area (Å²) in [4.78, 5) is 0. The third-order valence-electron chi connectivity index (χ3n) is 2.22. The van der Waals surface area contributed by atoms with Gasteiger partial charge in [-0.25, -0.2) is 0 Å². The number of nitrogens with two attached hydrogens (primary N) is 1. The van der Waals surface area contributed by atoms with E-state index in [0.29, 0.717) is 6.54 Å². The summed E-state index contributed by atoms with van der Waals surface area (Å²) in [5.41, 5.74) is 8.21. The van der Waals surface area contributed by atoms with Crippen LogP contribution in [0.3, 0.4) is 0 Å². The Kier molecular flexibility index (Phi) is 2.69. The molecule has 1 aromatic heterocycles. The molecule has 0 saturated heterocycles. The first-order chi connectivity index (χ1) is 7.35. The lowest BCUT2D eigenvalue weighted by Gasteiger charge is -2.02. The maximum Gasteiger partial charge on any atom is 0.131 e. The molecule has 2 aromatic rings. The van der Waals surface area contributed by atoms with Crippen molar-refractivity contribution >= 4 is 0 Å². The Balaban J connectivity index is 2.44. The number of hydrogen-bond donors (Lipinski definition) is 1. The molecule has 0 spiro atoms. The second kappa shape index (κ2) is 4.14. The van der Waals surface area contributed by atoms with Gasteiger partial charge in [-0.3, -0.25) is 0 Å². The second-order valence-electron chi connectivity index (χ2n) is 3.11. The topological polar surface area (TPSA) is 61.3 Å². The monoisotopic (exact) mass is 204 g/mol. The molecule has 15 heavy (non-hydrogen) atoms. The van der Waals surface area contributed by atoms with E-state index in [1.807, 2.05) is 24.3 Å². The molecule has 0 unspecified atom stereocenters. The van der Waals surface area contributed by atoms with E-state index in [1.54, 1.807) is 13.4 Å². The van der Waals surface area contributed by atoms with Crippen LogP contribution < -0.4 is 10.5 Å². The predicted molar refractivity (Wildman–Crippen MR) is 56.4 cm³/mol. The van der Waals surface area contributed by atoms with E-state index in [-0.39, 0.29) is 0 Å². The highest BCUT2D eigenvalue weighted by Crippen LogP contribution is 2.26. The molecule has 0 radical (unpaired) electrons. The minimum Gasteiger partial charge on any atom is -0.497 e. The Bertz CT molecular complexity index is 451. The highest BCUT2D eigenvalue weighted by Gasteiger charge is 2.08. The van der Waals surface area contributed by atoms with Crippen molar-refractivity contribution in [2.45, 2.75) is 6.54 Å². The number of nitrogens with zero attached hydrogens (tertiary/aromatic N) is 1. The quantitative estimate of drug-likeness (QED) is 0.828. The summed E-state index contributed by atoms with van der Waals surface area (Å²) in [7, 11) is 1.64. The standard InChI is InChI=1S/C11H12N2O2/c1-14-9-4-2-3-8(5-9)10-7-15-13-11(10)6-12/h2-5,7H,6,12H2,1H3. The lowest BCUT2D eigenvalue weighted by Crippen LogP contribution is -1.98. The Morgan fingerprint density at radius 3 is 3.07 bits per heavy atom. The van der Waals surface area contributed by atoms with Crippen LogP contribution in [0.4, 0.5) is 0 Å². The molecule has 1 heterocycles. The van der Waals surface area contributed by atoms with Gasteiger partial charge in [0.15, 0.2) is 0 Å². The van der Waals surface area contributed by atoms with Gasteiger partial charge in [0.05, 0.1) is 7.11 Å². The molecule has 0 amide bonds. The van der Waals surface area contributed by atoms with Crippen molar-refractivity contribution in [1.29, 1.82) is 0 Å².